The van der Waals surface area contributed by atoms with E-state index in [9.17, 15) is 0 Å². The summed E-state index contributed by atoms with van der Waals surface area (Å²) in [7, 11) is 1.85. The molecule has 0 saturated heterocycles. The number of nitrogens with zero attached hydrogens (tertiary/aromatic N) is 4. The van der Waals surface area contributed by atoms with Crippen LogP contribution in [-0.2, 0) is 7.05 Å². The van der Waals surface area contributed by atoms with Gasteiger partial charge < -0.3 is 10.7 Å². The Kier molecular flexibility index (Phi) is 2.29. The number of fused-ring (bicyclic) bond motifs is 2. The van der Waals surface area contributed by atoms with Crippen molar-refractivity contribution in [3.63, 3.8) is 0 Å². The molecule has 4 rings (SSSR count). The first-order chi connectivity index (χ1) is 10.1. The van der Waals surface area contributed by atoms with Crippen molar-refractivity contribution in [2.45, 2.75) is 6.92 Å². The van der Waals surface area contributed by atoms with E-state index in [1.807, 2.05) is 19.3 Å². The van der Waals surface area contributed by atoms with Gasteiger partial charge in [0.25, 0.3) is 0 Å². The van der Waals surface area contributed by atoms with Crippen LogP contribution in [0.25, 0.3) is 33.3 Å². The van der Waals surface area contributed by atoms with E-state index in [0.29, 0.717) is 11.6 Å². The zero-order chi connectivity index (χ0) is 14.6. The molecule has 4 aromatic rings. The number of hydrogen-bond donors (Lipinski definition) is 2. The molecule has 3 heterocycles. The van der Waals surface area contributed by atoms with Crippen molar-refractivity contribution in [3.8, 4) is 11.4 Å². The van der Waals surface area contributed by atoms with Crippen LogP contribution in [0.3, 0.4) is 0 Å². The molecule has 0 fully saturated rings. The van der Waals surface area contributed by atoms with E-state index in [2.05, 4.69) is 39.1 Å². The number of benzene rings is 1. The molecule has 0 amide bonds. The Hall–Kier alpha value is -2.89. The van der Waals surface area contributed by atoms with Crippen molar-refractivity contribution < 1.29 is 0 Å². The highest BCUT2D eigenvalue weighted by molar-refractivity contribution is 5.97. The number of aryl methyl sites for hydroxylation is 2. The van der Waals surface area contributed by atoms with Crippen LogP contribution >= 0.6 is 0 Å². The quantitative estimate of drug-likeness (QED) is 0.560. The number of nitrogen functional groups attached to an aromatic ring is 1. The predicted molar refractivity (Wildman–Crippen MR) is 82.7 cm³/mol. The molecule has 0 aliphatic carbocycles. The molecule has 0 aliphatic rings. The standard InChI is InChI=1S/C15H14N6/c1-8-4-3-5-9-10(6-17-12(8)9)14-19-13(16)11-7-18-21(2)15(11)20-14/h3-7,17H,1-2H3,(H2,16,19,20). The molecule has 0 spiro atoms. The first-order valence-electron chi connectivity index (χ1n) is 6.67. The Morgan fingerprint density at radius 1 is 1.19 bits per heavy atom. The number of nitrogens with two attached hydrogens (primary N) is 1. The van der Waals surface area contributed by atoms with Gasteiger partial charge in [0.1, 0.15) is 5.82 Å². The Bertz CT molecular complexity index is 979. The number of aromatic nitrogens is 5. The molecule has 3 aromatic heterocycles. The smallest absolute Gasteiger partial charge is 0.166 e. The first kappa shape index (κ1) is 11.9. The largest absolute Gasteiger partial charge is 0.383 e. The molecule has 0 radical (unpaired) electrons. The summed E-state index contributed by atoms with van der Waals surface area (Å²) in [6, 6.07) is 6.16. The third-order valence-electron chi connectivity index (χ3n) is 3.79. The summed E-state index contributed by atoms with van der Waals surface area (Å²) in [5, 5.41) is 6.05. The molecule has 6 heteroatoms. The summed E-state index contributed by atoms with van der Waals surface area (Å²) in [5.41, 5.74) is 10.0. The minimum absolute atomic E-state index is 0.449. The van der Waals surface area contributed by atoms with Gasteiger partial charge in [-0.2, -0.15) is 5.10 Å². The molecule has 1 aromatic carbocycles. The van der Waals surface area contributed by atoms with Gasteiger partial charge in [0.15, 0.2) is 11.5 Å². The van der Waals surface area contributed by atoms with Crippen LogP contribution in [0, 0.1) is 6.92 Å². The number of aromatic amines is 1. The number of nitrogens with one attached hydrogen (secondary N) is 1. The first-order valence-corrected chi connectivity index (χ1v) is 6.67. The molecule has 6 nitrogen and oxygen atoms in total. The third-order valence-corrected chi connectivity index (χ3v) is 3.79. The van der Waals surface area contributed by atoms with Crippen LogP contribution in [0.1, 0.15) is 5.56 Å². The van der Waals surface area contributed by atoms with Crippen LogP contribution < -0.4 is 5.73 Å². The minimum atomic E-state index is 0.449. The van der Waals surface area contributed by atoms with Gasteiger partial charge in [-0.05, 0) is 12.5 Å². The highest BCUT2D eigenvalue weighted by Gasteiger charge is 2.14. The molecule has 0 unspecified atom stereocenters. The van der Waals surface area contributed by atoms with Gasteiger partial charge in [-0.3, -0.25) is 4.68 Å². The van der Waals surface area contributed by atoms with Gasteiger partial charge in [-0.25, -0.2) is 9.97 Å². The van der Waals surface area contributed by atoms with Gasteiger partial charge in [-0.15, -0.1) is 0 Å². The topological polar surface area (TPSA) is 85.4 Å². The molecular formula is C15H14N6. The fourth-order valence-corrected chi connectivity index (χ4v) is 2.66. The molecule has 21 heavy (non-hydrogen) atoms. The van der Waals surface area contributed by atoms with Crippen LogP contribution in [0.15, 0.2) is 30.6 Å². The fourth-order valence-electron chi connectivity index (χ4n) is 2.66. The van der Waals surface area contributed by atoms with Gasteiger partial charge in [-0.1, -0.05) is 18.2 Å². The zero-order valence-electron chi connectivity index (χ0n) is 11.8. The second kappa shape index (κ2) is 4.05. The summed E-state index contributed by atoms with van der Waals surface area (Å²) in [4.78, 5) is 12.3. The third kappa shape index (κ3) is 1.62. The van der Waals surface area contributed by atoms with Crippen molar-refractivity contribution in [2.75, 3.05) is 5.73 Å². The number of para-hydroxylation sites is 1. The average molecular weight is 278 g/mol. The Morgan fingerprint density at radius 3 is 2.90 bits per heavy atom. The number of H-pyrrole nitrogens is 1. The molecule has 104 valence electrons. The summed E-state index contributed by atoms with van der Waals surface area (Å²) in [6.45, 7) is 2.07. The maximum atomic E-state index is 6.04. The molecular weight excluding hydrogens is 264 g/mol. The maximum absolute atomic E-state index is 6.04. The maximum Gasteiger partial charge on any atom is 0.166 e. The lowest BCUT2D eigenvalue weighted by atomic mass is 10.1. The van der Waals surface area contributed by atoms with Crippen molar-refractivity contribution in [1.82, 2.24) is 24.7 Å². The summed E-state index contributed by atoms with van der Waals surface area (Å²) < 4.78 is 1.71. The van der Waals surface area contributed by atoms with Crippen molar-refractivity contribution in [1.29, 1.82) is 0 Å². The predicted octanol–water partition coefficient (Wildman–Crippen LogP) is 2.40. The van der Waals surface area contributed by atoms with Gasteiger partial charge in [0, 0.05) is 29.7 Å². The van der Waals surface area contributed by atoms with Crippen molar-refractivity contribution in [3.05, 3.63) is 36.2 Å². The van der Waals surface area contributed by atoms with E-state index in [1.165, 1.54) is 5.56 Å². The highest BCUT2D eigenvalue weighted by Crippen LogP contribution is 2.30. The van der Waals surface area contributed by atoms with Crippen LogP contribution in [0.4, 0.5) is 5.82 Å². The van der Waals surface area contributed by atoms with E-state index in [0.717, 1.165) is 27.5 Å². The zero-order valence-corrected chi connectivity index (χ0v) is 11.8. The molecule has 0 aliphatic heterocycles. The normalized spacial score (nSPS) is 11.5. The fraction of sp³-hybridized carbons (Fsp3) is 0.133. The van der Waals surface area contributed by atoms with E-state index in [-0.39, 0.29) is 0 Å². The molecule has 3 N–H and O–H groups in total. The lowest BCUT2D eigenvalue weighted by molar-refractivity contribution is 0.786. The lowest BCUT2D eigenvalue weighted by Crippen LogP contribution is -1.99. The highest BCUT2D eigenvalue weighted by atomic mass is 15.3. The van der Waals surface area contributed by atoms with Gasteiger partial charge in [0.2, 0.25) is 0 Å². The number of hydrogen-bond acceptors (Lipinski definition) is 4. The average Bonchev–Trinajstić information content (AvgIpc) is 3.05. The van der Waals surface area contributed by atoms with Crippen LogP contribution in [-0.4, -0.2) is 24.7 Å². The minimum Gasteiger partial charge on any atom is -0.383 e. The second-order valence-electron chi connectivity index (χ2n) is 5.14. The summed E-state index contributed by atoms with van der Waals surface area (Å²) in [5.74, 6) is 1.06. The molecule has 0 atom stereocenters. The van der Waals surface area contributed by atoms with E-state index in [1.54, 1.807) is 10.9 Å². The van der Waals surface area contributed by atoms with Gasteiger partial charge >= 0.3 is 0 Å². The van der Waals surface area contributed by atoms with E-state index in [4.69, 9.17) is 5.73 Å². The lowest BCUT2D eigenvalue weighted by Gasteiger charge is -2.03. The Morgan fingerprint density at radius 2 is 2.05 bits per heavy atom. The van der Waals surface area contributed by atoms with Crippen molar-refractivity contribution >= 4 is 27.8 Å². The van der Waals surface area contributed by atoms with Gasteiger partial charge in [0.05, 0.1) is 11.6 Å². The van der Waals surface area contributed by atoms with E-state index >= 15 is 0 Å². The van der Waals surface area contributed by atoms with E-state index < -0.39 is 0 Å². The van der Waals surface area contributed by atoms with Crippen LogP contribution in [0.2, 0.25) is 0 Å². The summed E-state index contributed by atoms with van der Waals surface area (Å²) >= 11 is 0. The number of rotatable bonds is 1. The Labute approximate surface area is 120 Å². The molecule has 0 bridgehead atoms. The second-order valence-corrected chi connectivity index (χ2v) is 5.14. The number of anilines is 1. The Balaban J connectivity index is 2.04. The van der Waals surface area contributed by atoms with Crippen LogP contribution in [0.5, 0.6) is 0 Å². The monoisotopic (exact) mass is 278 g/mol. The SMILES string of the molecule is Cc1cccc2c(-c3nc(N)c4cnn(C)c4n3)c[nH]c12. The summed E-state index contributed by atoms with van der Waals surface area (Å²) in [6.07, 6.45) is 3.61. The molecule has 0 saturated carbocycles. The van der Waals surface area contributed by atoms with Crippen molar-refractivity contribution in [2.24, 2.45) is 7.05 Å².